The second-order valence-corrected chi connectivity index (χ2v) is 5.18. The molecule has 1 aromatic carbocycles. The van der Waals surface area contributed by atoms with Gasteiger partial charge in [0.05, 0.1) is 5.38 Å². The maximum atomic E-state index is 12.0. The van der Waals surface area contributed by atoms with E-state index in [0.29, 0.717) is 6.54 Å². The molecule has 1 aliphatic heterocycles. The summed E-state index contributed by atoms with van der Waals surface area (Å²) in [6.07, 6.45) is 0.890. The molecular formula is C11H11BrClNO. The number of alkyl halides is 1. The highest BCUT2D eigenvalue weighted by molar-refractivity contribution is 9.10. The third-order valence-corrected chi connectivity index (χ3v) is 3.34. The lowest BCUT2D eigenvalue weighted by Crippen LogP contribution is -2.28. The van der Waals surface area contributed by atoms with Crippen molar-refractivity contribution >= 4 is 33.4 Å². The van der Waals surface area contributed by atoms with Crippen molar-refractivity contribution in [3.63, 3.8) is 0 Å². The average Bonchev–Trinajstić information content (AvgIpc) is 2.64. The van der Waals surface area contributed by atoms with Crippen LogP contribution in [0, 0.1) is 0 Å². The van der Waals surface area contributed by atoms with Crippen molar-refractivity contribution in [1.29, 1.82) is 0 Å². The monoisotopic (exact) mass is 287 g/mol. The van der Waals surface area contributed by atoms with E-state index >= 15 is 0 Å². The summed E-state index contributed by atoms with van der Waals surface area (Å²) in [7, 11) is 0. The molecule has 1 fully saturated rings. The predicted molar refractivity (Wildman–Crippen MR) is 64.3 cm³/mol. The van der Waals surface area contributed by atoms with Crippen LogP contribution in [0.15, 0.2) is 28.7 Å². The fourth-order valence-electron chi connectivity index (χ4n) is 1.71. The zero-order valence-corrected chi connectivity index (χ0v) is 10.5. The van der Waals surface area contributed by atoms with Gasteiger partial charge in [0.1, 0.15) is 0 Å². The van der Waals surface area contributed by atoms with Gasteiger partial charge >= 0.3 is 0 Å². The van der Waals surface area contributed by atoms with Gasteiger partial charge in [-0.05, 0) is 24.6 Å². The standard InChI is InChI=1S/C11H11BrClNO/c12-9-3-1-2-8(6-9)11(15)14-5-4-10(13)7-14/h1-3,6,10H,4-5,7H2. The van der Waals surface area contributed by atoms with E-state index in [1.165, 1.54) is 0 Å². The number of carbonyl (C=O) groups is 1. The Morgan fingerprint density at radius 2 is 2.33 bits per heavy atom. The van der Waals surface area contributed by atoms with Crippen LogP contribution in [0.4, 0.5) is 0 Å². The van der Waals surface area contributed by atoms with Crippen LogP contribution in [0.2, 0.25) is 0 Å². The van der Waals surface area contributed by atoms with E-state index in [0.717, 1.165) is 23.0 Å². The largest absolute Gasteiger partial charge is 0.337 e. The highest BCUT2D eigenvalue weighted by Gasteiger charge is 2.25. The number of nitrogens with zero attached hydrogens (tertiary/aromatic N) is 1. The van der Waals surface area contributed by atoms with Crippen molar-refractivity contribution in [1.82, 2.24) is 4.90 Å². The van der Waals surface area contributed by atoms with Gasteiger partial charge < -0.3 is 4.90 Å². The first kappa shape index (κ1) is 11.0. The Kier molecular flexibility index (Phi) is 3.32. The molecule has 4 heteroatoms. The SMILES string of the molecule is O=C(c1cccc(Br)c1)N1CCC(Cl)C1. The minimum Gasteiger partial charge on any atom is -0.337 e. The van der Waals surface area contributed by atoms with E-state index in [4.69, 9.17) is 11.6 Å². The number of carbonyl (C=O) groups excluding carboxylic acids is 1. The lowest BCUT2D eigenvalue weighted by atomic mass is 10.2. The first-order chi connectivity index (χ1) is 7.16. The molecule has 0 radical (unpaired) electrons. The topological polar surface area (TPSA) is 20.3 Å². The molecule has 0 aromatic heterocycles. The molecule has 1 heterocycles. The fourth-order valence-corrected chi connectivity index (χ4v) is 2.37. The molecule has 0 N–H and O–H groups in total. The van der Waals surface area contributed by atoms with Gasteiger partial charge in [-0.1, -0.05) is 22.0 Å². The minimum absolute atomic E-state index is 0.0689. The number of hydrogen-bond acceptors (Lipinski definition) is 1. The van der Waals surface area contributed by atoms with E-state index in [2.05, 4.69) is 15.9 Å². The average molecular weight is 289 g/mol. The van der Waals surface area contributed by atoms with Gasteiger partial charge in [0.2, 0.25) is 0 Å². The van der Waals surface area contributed by atoms with Crippen LogP contribution in [-0.2, 0) is 0 Å². The lowest BCUT2D eigenvalue weighted by Gasteiger charge is -2.15. The summed E-state index contributed by atoms with van der Waals surface area (Å²) in [5, 5.41) is 0.112. The van der Waals surface area contributed by atoms with Gasteiger partial charge in [-0.2, -0.15) is 0 Å². The molecule has 2 nitrogen and oxygen atoms in total. The Morgan fingerprint density at radius 3 is 2.93 bits per heavy atom. The zero-order chi connectivity index (χ0) is 10.8. The molecule has 2 rings (SSSR count). The summed E-state index contributed by atoms with van der Waals surface area (Å²) in [6.45, 7) is 1.42. The number of benzene rings is 1. The van der Waals surface area contributed by atoms with Gasteiger partial charge in [0.25, 0.3) is 5.91 Å². The van der Waals surface area contributed by atoms with Crippen LogP contribution in [-0.4, -0.2) is 29.3 Å². The first-order valence-electron chi connectivity index (χ1n) is 4.86. The molecule has 1 amide bonds. The number of rotatable bonds is 1. The Labute approximate surface area is 102 Å². The third-order valence-electron chi connectivity index (χ3n) is 2.49. The van der Waals surface area contributed by atoms with Gasteiger partial charge in [-0.25, -0.2) is 0 Å². The summed E-state index contributed by atoms with van der Waals surface area (Å²) in [4.78, 5) is 13.8. The number of likely N-dealkylation sites (tertiary alicyclic amines) is 1. The molecule has 0 aliphatic carbocycles. The molecule has 1 unspecified atom stereocenters. The molecule has 0 spiro atoms. The van der Waals surface area contributed by atoms with E-state index in [1.807, 2.05) is 24.3 Å². The first-order valence-corrected chi connectivity index (χ1v) is 6.08. The molecule has 0 saturated carbocycles. The van der Waals surface area contributed by atoms with Gasteiger partial charge in [0, 0.05) is 23.1 Å². The molecule has 0 bridgehead atoms. The van der Waals surface area contributed by atoms with Crippen molar-refractivity contribution in [2.24, 2.45) is 0 Å². The second kappa shape index (κ2) is 4.54. The lowest BCUT2D eigenvalue weighted by molar-refractivity contribution is 0.0793. The van der Waals surface area contributed by atoms with Crippen LogP contribution in [0.25, 0.3) is 0 Å². The molecule has 1 aromatic rings. The van der Waals surface area contributed by atoms with Crippen LogP contribution < -0.4 is 0 Å². The van der Waals surface area contributed by atoms with Crippen LogP contribution in [0.1, 0.15) is 16.8 Å². The summed E-state index contributed by atoms with van der Waals surface area (Å²) in [5.41, 5.74) is 0.718. The molecule has 15 heavy (non-hydrogen) atoms. The summed E-state index contributed by atoms with van der Waals surface area (Å²) >= 11 is 9.32. The number of halogens is 2. The third kappa shape index (κ3) is 2.52. The highest BCUT2D eigenvalue weighted by Crippen LogP contribution is 2.19. The van der Waals surface area contributed by atoms with Gasteiger partial charge in [0.15, 0.2) is 0 Å². The summed E-state index contributed by atoms with van der Waals surface area (Å²) < 4.78 is 0.926. The molecular weight excluding hydrogens is 277 g/mol. The van der Waals surface area contributed by atoms with Crippen molar-refractivity contribution in [2.75, 3.05) is 13.1 Å². The summed E-state index contributed by atoms with van der Waals surface area (Å²) in [6, 6.07) is 7.44. The van der Waals surface area contributed by atoms with Crippen molar-refractivity contribution in [2.45, 2.75) is 11.8 Å². The van der Waals surface area contributed by atoms with Crippen LogP contribution in [0.3, 0.4) is 0 Å². The maximum absolute atomic E-state index is 12.0. The molecule has 80 valence electrons. The smallest absolute Gasteiger partial charge is 0.253 e. The van der Waals surface area contributed by atoms with Gasteiger partial charge in [-0.3, -0.25) is 4.79 Å². The van der Waals surface area contributed by atoms with Crippen molar-refractivity contribution in [3.8, 4) is 0 Å². The maximum Gasteiger partial charge on any atom is 0.253 e. The van der Waals surface area contributed by atoms with E-state index < -0.39 is 0 Å². The van der Waals surface area contributed by atoms with Crippen molar-refractivity contribution < 1.29 is 4.79 Å². The highest BCUT2D eigenvalue weighted by atomic mass is 79.9. The number of hydrogen-bond donors (Lipinski definition) is 0. The quantitative estimate of drug-likeness (QED) is 0.728. The fraction of sp³-hybridized carbons (Fsp3) is 0.364. The van der Waals surface area contributed by atoms with E-state index in [1.54, 1.807) is 4.90 Å². The van der Waals surface area contributed by atoms with Crippen LogP contribution in [0.5, 0.6) is 0 Å². The van der Waals surface area contributed by atoms with Crippen molar-refractivity contribution in [3.05, 3.63) is 34.3 Å². The normalized spacial score (nSPS) is 20.7. The minimum atomic E-state index is 0.0689. The molecule has 1 atom stereocenters. The van der Waals surface area contributed by atoms with Gasteiger partial charge in [-0.15, -0.1) is 11.6 Å². The van der Waals surface area contributed by atoms with Crippen LogP contribution >= 0.6 is 27.5 Å². The van der Waals surface area contributed by atoms with E-state index in [9.17, 15) is 4.79 Å². The Balaban J connectivity index is 2.14. The predicted octanol–water partition coefficient (Wildman–Crippen LogP) is 2.90. The number of amides is 1. The second-order valence-electron chi connectivity index (χ2n) is 3.65. The summed E-state index contributed by atoms with van der Waals surface area (Å²) in [5.74, 6) is 0.0689. The zero-order valence-electron chi connectivity index (χ0n) is 8.12. The van der Waals surface area contributed by atoms with E-state index in [-0.39, 0.29) is 11.3 Å². The molecule has 1 aliphatic rings. The Morgan fingerprint density at radius 1 is 1.53 bits per heavy atom. The molecule has 1 saturated heterocycles. The Hall–Kier alpha value is -0.540. The Bertz CT molecular complexity index is 383.